The first kappa shape index (κ1) is 11.9. The standard InChI is InChI=1S/C10H10N2S.C2H6/c1-6-7(2)12-10-8(9(6)13)4-3-5-11-10;1-2/h3-5H,1-2H3,(H,11,12,13);1-2H3. The Balaban J connectivity index is 0.000000531. The second kappa shape index (κ2) is 5.03. The first-order chi connectivity index (χ1) is 7.20. The lowest BCUT2D eigenvalue weighted by molar-refractivity contribution is 1.16. The van der Waals surface area contributed by atoms with Crippen molar-refractivity contribution < 1.29 is 0 Å². The van der Waals surface area contributed by atoms with E-state index in [0.717, 1.165) is 26.8 Å². The van der Waals surface area contributed by atoms with Crippen LogP contribution in [0.3, 0.4) is 0 Å². The average Bonchev–Trinajstić information content (AvgIpc) is 2.29. The number of aromatic nitrogens is 2. The van der Waals surface area contributed by atoms with E-state index in [1.165, 1.54) is 0 Å². The van der Waals surface area contributed by atoms with E-state index in [1.54, 1.807) is 6.20 Å². The van der Waals surface area contributed by atoms with Gasteiger partial charge in [0.2, 0.25) is 0 Å². The van der Waals surface area contributed by atoms with Crippen LogP contribution in [0.25, 0.3) is 11.0 Å². The number of H-pyrrole nitrogens is 1. The van der Waals surface area contributed by atoms with Crippen LogP contribution in [0, 0.1) is 18.4 Å². The fourth-order valence-corrected chi connectivity index (χ4v) is 1.65. The van der Waals surface area contributed by atoms with Crippen LogP contribution in [0.2, 0.25) is 0 Å². The molecule has 0 bridgehead atoms. The number of nitrogens with zero attached hydrogens (tertiary/aromatic N) is 1. The molecular weight excluding hydrogens is 204 g/mol. The fourth-order valence-electron chi connectivity index (χ4n) is 1.33. The number of aryl methyl sites for hydroxylation is 1. The Morgan fingerprint density at radius 1 is 1.27 bits per heavy atom. The van der Waals surface area contributed by atoms with Crippen LogP contribution in [-0.2, 0) is 0 Å². The summed E-state index contributed by atoms with van der Waals surface area (Å²) in [6.07, 6.45) is 1.77. The topological polar surface area (TPSA) is 28.7 Å². The third-order valence-corrected chi connectivity index (χ3v) is 2.79. The maximum atomic E-state index is 5.32. The molecule has 2 rings (SSSR count). The van der Waals surface area contributed by atoms with Crippen molar-refractivity contribution in [2.24, 2.45) is 0 Å². The van der Waals surface area contributed by atoms with Crippen molar-refractivity contribution in [3.05, 3.63) is 34.1 Å². The maximum Gasteiger partial charge on any atom is 0.138 e. The Hall–Kier alpha value is -1.22. The summed E-state index contributed by atoms with van der Waals surface area (Å²) >= 11 is 5.32. The quantitative estimate of drug-likeness (QED) is 0.681. The number of hydrogen-bond donors (Lipinski definition) is 1. The van der Waals surface area contributed by atoms with E-state index < -0.39 is 0 Å². The predicted octanol–water partition coefficient (Wildman–Crippen LogP) is 3.94. The molecule has 1 N–H and O–H groups in total. The summed E-state index contributed by atoms with van der Waals surface area (Å²) in [5.74, 6) is 0. The van der Waals surface area contributed by atoms with Gasteiger partial charge in [-0.15, -0.1) is 0 Å². The van der Waals surface area contributed by atoms with Gasteiger partial charge in [0.1, 0.15) is 5.65 Å². The zero-order chi connectivity index (χ0) is 11.4. The number of nitrogens with one attached hydrogen (secondary N) is 1. The molecule has 2 nitrogen and oxygen atoms in total. The van der Waals surface area contributed by atoms with Crippen LogP contribution in [-0.4, -0.2) is 9.97 Å². The van der Waals surface area contributed by atoms with Crippen LogP contribution >= 0.6 is 12.2 Å². The van der Waals surface area contributed by atoms with Crippen LogP contribution in [0.5, 0.6) is 0 Å². The highest BCUT2D eigenvalue weighted by molar-refractivity contribution is 7.71. The normalized spacial score (nSPS) is 9.60. The van der Waals surface area contributed by atoms with E-state index in [0.29, 0.717) is 0 Å². The van der Waals surface area contributed by atoms with Gasteiger partial charge in [0, 0.05) is 17.3 Å². The van der Waals surface area contributed by atoms with E-state index in [-0.39, 0.29) is 0 Å². The summed E-state index contributed by atoms with van der Waals surface area (Å²) in [6, 6.07) is 3.90. The van der Waals surface area contributed by atoms with Crippen molar-refractivity contribution in [1.29, 1.82) is 0 Å². The first-order valence-corrected chi connectivity index (χ1v) is 5.55. The fraction of sp³-hybridized carbons (Fsp3) is 0.333. The minimum atomic E-state index is 0.871. The largest absolute Gasteiger partial charge is 0.343 e. The van der Waals surface area contributed by atoms with Crippen molar-refractivity contribution in [1.82, 2.24) is 9.97 Å². The molecule has 0 aliphatic carbocycles. The van der Waals surface area contributed by atoms with Gasteiger partial charge in [-0.3, -0.25) is 0 Å². The van der Waals surface area contributed by atoms with Gasteiger partial charge in [0.25, 0.3) is 0 Å². The lowest BCUT2D eigenvalue weighted by atomic mass is 10.2. The number of pyridine rings is 2. The molecule has 0 aliphatic heterocycles. The molecule has 2 aromatic rings. The third-order valence-electron chi connectivity index (χ3n) is 2.26. The number of fused-ring (bicyclic) bond motifs is 1. The highest BCUT2D eigenvalue weighted by Crippen LogP contribution is 2.16. The van der Waals surface area contributed by atoms with Crippen molar-refractivity contribution >= 4 is 23.3 Å². The molecule has 2 aromatic heterocycles. The van der Waals surface area contributed by atoms with Gasteiger partial charge in [-0.2, -0.15) is 0 Å². The summed E-state index contributed by atoms with van der Waals surface area (Å²) < 4.78 is 0.902. The van der Waals surface area contributed by atoms with Gasteiger partial charge in [-0.25, -0.2) is 4.98 Å². The van der Waals surface area contributed by atoms with Gasteiger partial charge in [-0.1, -0.05) is 26.1 Å². The van der Waals surface area contributed by atoms with E-state index >= 15 is 0 Å². The SMILES string of the molecule is CC.Cc1[nH]c2ncccc2c(=S)c1C. The van der Waals surface area contributed by atoms with Gasteiger partial charge in [-0.05, 0) is 31.5 Å². The third kappa shape index (κ3) is 2.23. The summed E-state index contributed by atoms with van der Waals surface area (Å²) in [5, 5.41) is 1.03. The molecule has 0 amide bonds. The molecule has 0 aliphatic rings. The minimum absolute atomic E-state index is 0.871. The average molecular weight is 220 g/mol. The Morgan fingerprint density at radius 3 is 2.60 bits per heavy atom. The molecular formula is C12H16N2S. The zero-order valence-corrected chi connectivity index (χ0v) is 10.4. The molecule has 3 heteroatoms. The summed E-state index contributed by atoms with van der Waals surface area (Å²) in [6.45, 7) is 8.04. The summed E-state index contributed by atoms with van der Waals surface area (Å²) in [7, 11) is 0. The van der Waals surface area contributed by atoms with Crippen LogP contribution in [0.1, 0.15) is 25.1 Å². The first-order valence-electron chi connectivity index (χ1n) is 5.14. The van der Waals surface area contributed by atoms with Crippen molar-refractivity contribution in [3.8, 4) is 0 Å². The van der Waals surface area contributed by atoms with Crippen LogP contribution < -0.4 is 0 Å². The molecule has 15 heavy (non-hydrogen) atoms. The van der Waals surface area contributed by atoms with E-state index in [9.17, 15) is 0 Å². The van der Waals surface area contributed by atoms with Gasteiger partial charge < -0.3 is 4.98 Å². The van der Waals surface area contributed by atoms with E-state index in [2.05, 4.69) is 9.97 Å². The Labute approximate surface area is 95.4 Å². The highest BCUT2D eigenvalue weighted by Gasteiger charge is 2.01. The molecule has 0 spiro atoms. The summed E-state index contributed by atoms with van der Waals surface area (Å²) in [5.41, 5.74) is 3.10. The molecule has 0 unspecified atom stereocenters. The second-order valence-electron chi connectivity index (χ2n) is 3.10. The minimum Gasteiger partial charge on any atom is -0.343 e. The highest BCUT2D eigenvalue weighted by atomic mass is 32.1. The molecule has 0 atom stereocenters. The number of rotatable bonds is 0. The van der Waals surface area contributed by atoms with E-state index in [4.69, 9.17) is 12.2 Å². The Morgan fingerprint density at radius 2 is 1.93 bits per heavy atom. The number of hydrogen-bond acceptors (Lipinski definition) is 2. The van der Waals surface area contributed by atoms with Crippen molar-refractivity contribution in [3.63, 3.8) is 0 Å². The van der Waals surface area contributed by atoms with Crippen molar-refractivity contribution in [2.75, 3.05) is 0 Å². The maximum absolute atomic E-state index is 5.32. The molecule has 2 heterocycles. The van der Waals surface area contributed by atoms with Crippen LogP contribution in [0.4, 0.5) is 0 Å². The number of aromatic amines is 1. The van der Waals surface area contributed by atoms with Crippen molar-refractivity contribution in [2.45, 2.75) is 27.7 Å². The second-order valence-corrected chi connectivity index (χ2v) is 3.51. The van der Waals surface area contributed by atoms with Gasteiger partial charge in [0.15, 0.2) is 0 Å². The zero-order valence-electron chi connectivity index (χ0n) is 9.59. The Kier molecular flexibility index (Phi) is 3.97. The van der Waals surface area contributed by atoms with Gasteiger partial charge >= 0.3 is 0 Å². The lowest BCUT2D eigenvalue weighted by Gasteiger charge is -2.03. The molecule has 0 aromatic carbocycles. The molecule has 0 radical (unpaired) electrons. The molecule has 0 saturated heterocycles. The molecule has 0 saturated carbocycles. The monoisotopic (exact) mass is 220 g/mol. The van der Waals surface area contributed by atoms with Gasteiger partial charge in [0.05, 0.1) is 4.51 Å². The lowest BCUT2D eigenvalue weighted by Crippen LogP contribution is -1.91. The summed E-state index contributed by atoms with van der Waals surface area (Å²) in [4.78, 5) is 7.44. The predicted molar refractivity (Wildman–Crippen MR) is 67.7 cm³/mol. The molecule has 0 fully saturated rings. The van der Waals surface area contributed by atoms with E-state index in [1.807, 2.05) is 39.8 Å². The molecule has 80 valence electrons. The smallest absolute Gasteiger partial charge is 0.138 e. The Bertz CT molecular complexity index is 515. The van der Waals surface area contributed by atoms with Crippen LogP contribution in [0.15, 0.2) is 18.3 Å².